The summed E-state index contributed by atoms with van der Waals surface area (Å²) in [7, 11) is 0. The summed E-state index contributed by atoms with van der Waals surface area (Å²) in [5.41, 5.74) is 6.10. The molecule has 2 aromatic heterocycles. The number of carbonyl (C=O) groups excluding carboxylic acids is 1. The van der Waals surface area contributed by atoms with E-state index in [1.807, 2.05) is 15.8 Å². The van der Waals surface area contributed by atoms with Gasteiger partial charge in [0.05, 0.1) is 17.3 Å². The summed E-state index contributed by atoms with van der Waals surface area (Å²) in [6.45, 7) is 9.22. The van der Waals surface area contributed by atoms with Gasteiger partial charge < -0.3 is 15.4 Å². The highest BCUT2D eigenvalue weighted by Gasteiger charge is 2.33. The van der Waals surface area contributed by atoms with Gasteiger partial charge in [0.15, 0.2) is 0 Å². The molecule has 1 amide bonds. The number of alkyl halides is 3. The van der Waals surface area contributed by atoms with E-state index in [2.05, 4.69) is 30.7 Å². The molecule has 1 aliphatic heterocycles. The molecule has 8 nitrogen and oxygen atoms in total. The van der Waals surface area contributed by atoms with Crippen molar-refractivity contribution in [3.63, 3.8) is 0 Å². The fraction of sp³-hybridized carbons (Fsp3) is 0.619. The first-order valence-corrected chi connectivity index (χ1v) is 10.5. The highest BCUT2D eigenvalue weighted by molar-refractivity contribution is 5.64. The van der Waals surface area contributed by atoms with Crippen molar-refractivity contribution in [1.29, 1.82) is 0 Å². The van der Waals surface area contributed by atoms with Crippen LogP contribution < -0.4 is 10.6 Å². The minimum Gasteiger partial charge on any atom is -0.447 e. The predicted octanol–water partition coefficient (Wildman–Crippen LogP) is 4.11. The minimum atomic E-state index is -4.46. The molecule has 1 unspecified atom stereocenters. The molecule has 2 aromatic rings. The summed E-state index contributed by atoms with van der Waals surface area (Å²) >= 11 is 0. The zero-order valence-corrected chi connectivity index (χ0v) is 18.7. The van der Waals surface area contributed by atoms with Crippen molar-refractivity contribution in [2.24, 2.45) is 11.1 Å². The first-order valence-electron chi connectivity index (χ1n) is 10.5. The quantitative estimate of drug-likeness (QED) is 0.705. The lowest BCUT2D eigenvalue weighted by atomic mass is 9.83. The van der Waals surface area contributed by atoms with Gasteiger partial charge in [0.1, 0.15) is 6.10 Å². The molecule has 11 heteroatoms. The Morgan fingerprint density at radius 1 is 1.22 bits per heavy atom. The summed E-state index contributed by atoms with van der Waals surface area (Å²) in [6.07, 6.45) is 0.0893. The van der Waals surface area contributed by atoms with Crippen LogP contribution in [0, 0.1) is 5.41 Å². The van der Waals surface area contributed by atoms with E-state index < -0.39 is 17.8 Å². The van der Waals surface area contributed by atoms with E-state index in [0.29, 0.717) is 25.9 Å². The number of ether oxygens (including phenoxy) is 1. The van der Waals surface area contributed by atoms with Gasteiger partial charge in [-0.15, -0.1) is 0 Å². The Morgan fingerprint density at radius 2 is 1.88 bits per heavy atom. The van der Waals surface area contributed by atoms with E-state index in [1.165, 1.54) is 0 Å². The second-order valence-electron chi connectivity index (χ2n) is 9.23. The Bertz CT molecular complexity index is 936. The predicted molar refractivity (Wildman–Crippen MR) is 112 cm³/mol. The number of nitrogens with zero attached hydrogens (tertiary/aromatic N) is 5. The SMILES string of the molecule is C[C@@H](CCC(n1cc2c(n1)CCN(c1ncc(C(F)(F)F)cn1)C2)C(C)(C)C)OC(N)=O. The van der Waals surface area contributed by atoms with Crippen LogP contribution in [0.15, 0.2) is 18.6 Å². The standard InChI is InChI=1S/C21H29F3N6O2/c1-13(32-18(25)31)5-6-17(20(2,3)4)30-12-14-11-29(8-7-16(14)28-30)19-26-9-15(10-27-19)21(22,23)24/h9-10,12-13,17H,5-8,11H2,1-4H3,(H2,25,31)/t13-,17?/m0/s1. The van der Waals surface area contributed by atoms with Gasteiger partial charge in [-0.25, -0.2) is 14.8 Å². The Labute approximate surface area is 185 Å². The molecule has 3 heterocycles. The largest absolute Gasteiger partial charge is 0.447 e. The van der Waals surface area contributed by atoms with Crippen LogP contribution in [-0.2, 0) is 23.9 Å². The summed E-state index contributed by atoms with van der Waals surface area (Å²) in [4.78, 5) is 20.7. The Balaban J connectivity index is 1.74. The fourth-order valence-corrected chi connectivity index (χ4v) is 3.91. The van der Waals surface area contributed by atoms with E-state index in [-0.39, 0.29) is 23.5 Å². The van der Waals surface area contributed by atoms with E-state index in [1.54, 1.807) is 6.92 Å². The lowest BCUT2D eigenvalue weighted by molar-refractivity contribution is -0.138. The zero-order chi connectivity index (χ0) is 23.7. The molecule has 0 saturated heterocycles. The average Bonchev–Trinajstić information content (AvgIpc) is 3.08. The molecular weight excluding hydrogens is 425 g/mol. The summed E-state index contributed by atoms with van der Waals surface area (Å²) in [5, 5.41) is 4.80. The Kier molecular flexibility index (Phi) is 6.66. The number of aromatic nitrogens is 4. The molecule has 176 valence electrons. The third kappa shape index (κ3) is 5.68. The Morgan fingerprint density at radius 3 is 2.44 bits per heavy atom. The molecule has 2 N–H and O–H groups in total. The number of carbonyl (C=O) groups is 1. The highest BCUT2D eigenvalue weighted by atomic mass is 19.4. The van der Waals surface area contributed by atoms with E-state index in [4.69, 9.17) is 15.6 Å². The van der Waals surface area contributed by atoms with Gasteiger partial charge >= 0.3 is 12.3 Å². The molecule has 0 bridgehead atoms. The number of anilines is 1. The number of halogens is 3. The molecule has 32 heavy (non-hydrogen) atoms. The molecule has 0 fully saturated rings. The zero-order valence-electron chi connectivity index (χ0n) is 18.7. The van der Waals surface area contributed by atoms with E-state index >= 15 is 0 Å². The van der Waals surface area contributed by atoms with Crippen molar-refractivity contribution < 1.29 is 22.7 Å². The number of nitrogens with two attached hydrogens (primary N) is 1. The van der Waals surface area contributed by atoms with Crippen molar-refractivity contribution >= 4 is 12.0 Å². The van der Waals surface area contributed by atoms with Crippen molar-refractivity contribution in [2.45, 2.75) is 71.8 Å². The summed E-state index contributed by atoms with van der Waals surface area (Å²) < 4.78 is 45.3. The van der Waals surface area contributed by atoms with Gasteiger partial charge in [-0.2, -0.15) is 18.3 Å². The summed E-state index contributed by atoms with van der Waals surface area (Å²) in [6, 6.07) is 0.0581. The van der Waals surface area contributed by atoms with Crippen LogP contribution in [0.4, 0.5) is 23.9 Å². The number of primary amides is 1. The molecule has 0 spiro atoms. The lowest BCUT2D eigenvalue weighted by Gasteiger charge is -2.31. The third-order valence-corrected chi connectivity index (χ3v) is 5.61. The van der Waals surface area contributed by atoms with Crippen LogP contribution in [-0.4, -0.2) is 38.5 Å². The number of hydrogen-bond donors (Lipinski definition) is 1. The Hall–Kier alpha value is -2.85. The highest BCUT2D eigenvalue weighted by Crippen LogP contribution is 2.36. The maximum absolute atomic E-state index is 12.8. The van der Waals surface area contributed by atoms with Gasteiger partial charge in [-0.1, -0.05) is 20.8 Å². The molecule has 3 rings (SSSR count). The number of fused-ring (bicyclic) bond motifs is 1. The van der Waals surface area contributed by atoms with E-state index in [9.17, 15) is 18.0 Å². The summed E-state index contributed by atoms with van der Waals surface area (Å²) in [5.74, 6) is 0.265. The van der Waals surface area contributed by atoms with Gasteiger partial charge in [0.25, 0.3) is 0 Å². The molecule has 0 aliphatic carbocycles. The molecule has 0 radical (unpaired) electrons. The first kappa shape index (κ1) is 23.8. The minimum absolute atomic E-state index is 0.0581. The fourth-order valence-electron chi connectivity index (χ4n) is 3.91. The van der Waals surface area contributed by atoms with Crippen LogP contribution in [0.5, 0.6) is 0 Å². The van der Waals surface area contributed by atoms with Gasteiger partial charge in [0.2, 0.25) is 5.95 Å². The van der Waals surface area contributed by atoms with Crippen molar-refractivity contribution in [3.05, 3.63) is 35.4 Å². The molecule has 1 aliphatic rings. The average molecular weight is 454 g/mol. The van der Waals surface area contributed by atoms with E-state index in [0.717, 1.165) is 30.1 Å². The number of amides is 1. The topological polar surface area (TPSA) is 99.2 Å². The first-order chi connectivity index (χ1) is 14.8. The molecule has 2 atom stereocenters. The molecule has 0 saturated carbocycles. The maximum Gasteiger partial charge on any atom is 0.419 e. The smallest absolute Gasteiger partial charge is 0.419 e. The number of hydrogen-bond acceptors (Lipinski definition) is 6. The van der Waals surface area contributed by atoms with Crippen molar-refractivity contribution in [2.75, 3.05) is 11.4 Å². The molecule has 0 aromatic carbocycles. The monoisotopic (exact) mass is 454 g/mol. The number of rotatable bonds is 6. The van der Waals surface area contributed by atoms with Crippen molar-refractivity contribution in [3.8, 4) is 0 Å². The van der Waals surface area contributed by atoms with Gasteiger partial charge in [-0.05, 0) is 25.2 Å². The third-order valence-electron chi connectivity index (χ3n) is 5.61. The lowest BCUT2D eigenvalue weighted by Crippen LogP contribution is -2.31. The van der Waals surface area contributed by atoms with Crippen LogP contribution in [0.1, 0.15) is 63.4 Å². The van der Waals surface area contributed by atoms with Crippen LogP contribution >= 0.6 is 0 Å². The van der Waals surface area contributed by atoms with Crippen LogP contribution in [0.3, 0.4) is 0 Å². The van der Waals surface area contributed by atoms with Gasteiger partial charge in [0, 0.05) is 43.7 Å². The van der Waals surface area contributed by atoms with Crippen molar-refractivity contribution in [1.82, 2.24) is 19.7 Å². The molecular formula is C21H29F3N6O2. The van der Waals surface area contributed by atoms with Crippen LogP contribution in [0.25, 0.3) is 0 Å². The second-order valence-corrected chi connectivity index (χ2v) is 9.23. The van der Waals surface area contributed by atoms with Gasteiger partial charge in [-0.3, -0.25) is 4.68 Å². The van der Waals surface area contributed by atoms with Crippen LogP contribution in [0.2, 0.25) is 0 Å². The maximum atomic E-state index is 12.8. The second kappa shape index (κ2) is 8.95. The normalized spacial score (nSPS) is 16.4.